The number of halogens is 2. The lowest BCUT2D eigenvalue weighted by Crippen LogP contribution is -2.32. The van der Waals surface area contributed by atoms with Crippen molar-refractivity contribution in [1.82, 2.24) is 5.32 Å². The number of hydrogen-bond donors (Lipinski definition) is 2. The molecule has 0 bridgehead atoms. The molecule has 2 aromatic carbocycles. The predicted octanol–water partition coefficient (Wildman–Crippen LogP) is 5.27. The van der Waals surface area contributed by atoms with Crippen LogP contribution < -0.4 is 10.6 Å². The van der Waals surface area contributed by atoms with E-state index in [0.29, 0.717) is 15.7 Å². The Labute approximate surface area is 134 Å². The van der Waals surface area contributed by atoms with E-state index in [4.69, 9.17) is 23.2 Å². The van der Waals surface area contributed by atoms with Crippen LogP contribution in [0.5, 0.6) is 0 Å². The van der Waals surface area contributed by atoms with Crippen LogP contribution >= 0.6 is 23.2 Å². The summed E-state index contributed by atoms with van der Waals surface area (Å²) in [5, 5.41) is 6.60. The zero-order valence-electron chi connectivity index (χ0n) is 11.6. The van der Waals surface area contributed by atoms with Gasteiger partial charge in [-0.3, -0.25) is 0 Å². The first-order valence-electron chi connectivity index (χ1n) is 6.67. The molecule has 2 amide bonds. The monoisotopic (exact) mass is 322 g/mol. The van der Waals surface area contributed by atoms with E-state index in [2.05, 4.69) is 10.6 Å². The van der Waals surface area contributed by atoms with Gasteiger partial charge in [0, 0.05) is 5.02 Å². The highest BCUT2D eigenvalue weighted by Crippen LogP contribution is 2.25. The lowest BCUT2D eigenvalue weighted by molar-refractivity contribution is 0.248. The van der Waals surface area contributed by atoms with Gasteiger partial charge in [0.1, 0.15) is 0 Å². The van der Waals surface area contributed by atoms with E-state index in [1.54, 1.807) is 18.2 Å². The number of carbonyl (C=O) groups excluding carboxylic acids is 1. The van der Waals surface area contributed by atoms with Gasteiger partial charge in [0.25, 0.3) is 0 Å². The molecule has 1 unspecified atom stereocenters. The number of benzene rings is 2. The molecule has 0 aromatic heterocycles. The average Bonchev–Trinajstić information content (AvgIpc) is 2.48. The first-order valence-corrected chi connectivity index (χ1v) is 7.43. The molecule has 0 fully saturated rings. The largest absolute Gasteiger partial charge is 0.331 e. The second-order valence-electron chi connectivity index (χ2n) is 4.59. The first kappa shape index (κ1) is 15.7. The van der Waals surface area contributed by atoms with Crippen molar-refractivity contribution in [2.24, 2.45) is 0 Å². The van der Waals surface area contributed by atoms with Gasteiger partial charge in [-0.1, -0.05) is 60.5 Å². The normalized spacial score (nSPS) is 11.8. The minimum atomic E-state index is -0.296. The standard InChI is InChI=1S/C16H16Cl2N2O/c1-2-14(11-6-4-3-5-7-11)19-16(21)20-15-9-8-12(17)10-13(15)18/h3-10,14H,2H2,1H3,(H2,19,20,21). The Morgan fingerprint density at radius 3 is 2.48 bits per heavy atom. The van der Waals surface area contributed by atoms with Gasteiger partial charge in [0.2, 0.25) is 0 Å². The van der Waals surface area contributed by atoms with Gasteiger partial charge in [-0.2, -0.15) is 0 Å². The number of carbonyl (C=O) groups is 1. The van der Waals surface area contributed by atoms with Crippen molar-refractivity contribution in [3.63, 3.8) is 0 Å². The zero-order valence-corrected chi connectivity index (χ0v) is 13.1. The quantitative estimate of drug-likeness (QED) is 0.791. The minimum Gasteiger partial charge on any atom is -0.331 e. The van der Waals surface area contributed by atoms with Gasteiger partial charge < -0.3 is 10.6 Å². The van der Waals surface area contributed by atoms with E-state index in [9.17, 15) is 4.79 Å². The Bertz CT molecular complexity index is 617. The van der Waals surface area contributed by atoms with Crippen LogP contribution in [-0.2, 0) is 0 Å². The number of amides is 2. The van der Waals surface area contributed by atoms with Crippen molar-refractivity contribution >= 4 is 34.9 Å². The lowest BCUT2D eigenvalue weighted by Gasteiger charge is -2.18. The molecule has 1 atom stereocenters. The third-order valence-corrected chi connectivity index (χ3v) is 3.64. The van der Waals surface area contributed by atoms with Crippen LogP contribution in [0.1, 0.15) is 24.9 Å². The Kier molecular flexibility index (Phi) is 5.48. The van der Waals surface area contributed by atoms with Crippen LogP contribution in [0.2, 0.25) is 10.0 Å². The van der Waals surface area contributed by atoms with Crippen molar-refractivity contribution in [2.45, 2.75) is 19.4 Å². The maximum Gasteiger partial charge on any atom is 0.319 e. The average molecular weight is 323 g/mol. The number of nitrogens with one attached hydrogen (secondary N) is 2. The second kappa shape index (κ2) is 7.34. The van der Waals surface area contributed by atoms with Crippen LogP contribution in [0.15, 0.2) is 48.5 Å². The highest BCUT2D eigenvalue weighted by Gasteiger charge is 2.13. The Morgan fingerprint density at radius 2 is 1.86 bits per heavy atom. The summed E-state index contributed by atoms with van der Waals surface area (Å²) in [6.45, 7) is 2.02. The number of anilines is 1. The maximum atomic E-state index is 12.1. The van der Waals surface area contributed by atoms with Crippen LogP contribution in [0.25, 0.3) is 0 Å². The SMILES string of the molecule is CCC(NC(=O)Nc1ccc(Cl)cc1Cl)c1ccccc1. The molecule has 0 saturated heterocycles. The summed E-state index contributed by atoms with van der Waals surface area (Å²) in [4.78, 5) is 12.1. The fourth-order valence-electron chi connectivity index (χ4n) is 2.01. The molecule has 110 valence electrons. The van der Waals surface area contributed by atoms with Gasteiger partial charge in [0.15, 0.2) is 0 Å². The summed E-state index contributed by atoms with van der Waals surface area (Å²) in [6, 6.07) is 14.4. The number of hydrogen-bond acceptors (Lipinski definition) is 1. The fraction of sp³-hybridized carbons (Fsp3) is 0.188. The van der Waals surface area contributed by atoms with Crippen LogP contribution in [0, 0.1) is 0 Å². The van der Waals surface area contributed by atoms with E-state index >= 15 is 0 Å². The highest BCUT2D eigenvalue weighted by atomic mass is 35.5. The zero-order chi connectivity index (χ0) is 15.2. The molecule has 0 spiro atoms. The molecule has 2 aromatic rings. The number of urea groups is 1. The third kappa shape index (κ3) is 4.38. The van der Waals surface area contributed by atoms with Crippen molar-refractivity contribution in [1.29, 1.82) is 0 Å². The molecule has 3 nitrogen and oxygen atoms in total. The molecule has 2 rings (SSSR count). The summed E-state index contributed by atoms with van der Waals surface area (Å²) in [6.07, 6.45) is 0.797. The van der Waals surface area contributed by atoms with Gasteiger partial charge in [0.05, 0.1) is 16.8 Å². The molecule has 2 N–H and O–H groups in total. The highest BCUT2D eigenvalue weighted by molar-refractivity contribution is 6.36. The molecular formula is C16H16Cl2N2O. The number of rotatable bonds is 4. The molecule has 0 saturated carbocycles. The minimum absolute atomic E-state index is 0.0442. The van der Waals surface area contributed by atoms with Gasteiger partial charge in [-0.25, -0.2) is 4.79 Å². The third-order valence-electron chi connectivity index (χ3n) is 3.09. The second-order valence-corrected chi connectivity index (χ2v) is 5.44. The fourth-order valence-corrected chi connectivity index (χ4v) is 2.47. The van der Waals surface area contributed by atoms with Gasteiger partial charge >= 0.3 is 6.03 Å². The molecule has 0 aliphatic carbocycles. The van der Waals surface area contributed by atoms with E-state index < -0.39 is 0 Å². The molecule has 0 heterocycles. The smallest absolute Gasteiger partial charge is 0.319 e. The van der Waals surface area contributed by atoms with E-state index in [1.807, 2.05) is 37.3 Å². The molecule has 0 aliphatic rings. The van der Waals surface area contributed by atoms with Gasteiger partial charge in [-0.05, 0) is 30.2 Å². The Morgan fingerprint density at radius 1 is 1.14 bits per heavy atom. The van der Waals surface area contributed by atoms with Crippen LogP contribution in [0.4, 0.5) is 10.5 Å². The van der Waals surface area contributed by atoms with Gasteiger partial charge in [-0.15, -0.1) is 0 Å². The Balaban J connectivity index is 2.03. The van der Waals surface area contributed by atoms with Crippen LogP contribution in [-0.4, -0.2) is 6.03 Å². The summed E-state index contributed by atoms with van der Waals surface area (Å²) in [5.74, 6) is 0. The Hall–Kier alpha value is -1.71. The van der Waals surface area contributed by atoms with Crippen molar-refractivity contribution in [3.05, 3.63) is 64.1 Å². The summed E-state index contributed by atoms with van der Waals surface area (Å²) in [7, 11) is 0. The predicted molar refractivity (Wildman–Crippen MR) is 88.1 cm³/mol. The summed E-state index contributed by atoms with van der Waals surface area (Å²) < 4.78 is 0. The summed E-state index contributed by atoms with van der Waals surface area (Å²) in [5.41, 5.74) is 1.60. The molecule has 0 aliphatic heterocycles. The first-order chi connectivity index (χ1) is 10.1. The maximum absolute atomic E-state index is 12.1. The van der Waals surface area contributed by atoms with Crippen LogP contribution in [0.3, 0.4) is 0 Å². The van der Waals surface area contributed by atoms with E-state index in [1.165, 1.54) is 0 Å². The molecule has 21 heavy (non-hydrogen) atoms. The summed E-state index contributed by atoms with van der Waals surface area (Å²) >= 11 is 11.9. The molecule has 5 heteroatoms. The topological polar surface area (TPSA) is 41.1 Å². The van der Waals surface area contributed by atoms with E-state index in [-0.39, 0.29) is 12.1 Å². The van der Waals surface area contributed by atoms with Crippen molar-refractivity contribution < 1.29 is 4.79 Å². The van der Waals surface area contributed by atoms with Crippen molar-refractivity contribution in [2.75, 3.05) is 5.32 Å². The molecular weight excluding hydrogens is 307 g/mol. The van der Waals surface area contributed by atoms with Crippen molar-refractivity contribution in [3.8, 4) is 0 Å². The molecule has 0 radical (unpaired) electrons. The van der Waals surface area contributed by atoms with E-state index in [0.717, 1.165) is 12.0 Å². The lowest BCUT2D eigenvalue weighted by atomic mass is 10.1.